The van der Waals surface area contributed by atoms with Crippen molar-refractivity contribution in [1.82, 2.24) is 0 Å². The molecule has 0 aliphatic heterocycles. The first kappa shape index (κ1) is 22.8. The number of halogens is 1. The average Bonchev–Trinajstić information content (AvgIpc) is 2.75. The standard InChI is InChI=1S/C23H28ClNO4/c1-3-4-5-6-7-21(27)23(17-8-12-19(26)13-9-17)25(22(28)16-24)18-10-14-20(29-2)15-11-18/h8-15,23,26H,3-7,16H2,1-2H3. The molecule has 1 atom stereocenters. The second-order valence-corrected chi connectivity index (χ2v) is 7.13. The zero-order valence-corrected chi connectivity index (χ0v) is 17.7. The number of aromatic hydroxyl groups is 1. The average molecular weight is 418 g/mol. The first-order valence-corrected chi connectivity index (χ1v) is 10.4. The number of carbonyl (C=O) groups excluding carboxylic acids is 2. The van der Waals surface area contributed by atoms with Crippen molar-refractivity contribution in [3.8, 4) is 11.5 Å². The van der Waals surface area contributed by atoms with Crippen LogP contribution >= 0.6 is 11.6 Å². The lowest BCUT2D eigenvalue weighted by Gasteiger charge is -2.31. The minimum atomic E-state index is -0.808. The second kappa shape index (κ2) is 11.5. The number of hydrogen-bond donors (Lipinski definition) is 1. The first-order chi connectivity index (χ1) is 14.0. The van der Waals surface area contributed by atoms with Gasteiger partial charge in [0.2, 0.25) is 5.91 Å². The molecule has 5 nitrogen and oxygen atoms in total. The number of methoxy groups -OCH3 is 1. The lowest BCUT2D eigenvalue weighted by atomic mass is 9.96. The number of unbranched alkanes of at least 4 members (excludes halogenated alkanes) is 3. The van der Waals surface area contributed by atoms with Gasteiger partial charge in [0.1, 0.15) is 23.4 Å². The highest BCUT2D eigenvalue weighted by molar-refractivity contribution is 6.29. The summed E-state index contributed by atoms with van der Waals surface area (Å²) in [4.78, 5) is 27.5. The molecule has 0 aliphatic carbocycles. The molecule has 0 aliphatic rings. The van der Waals surface area contributed by atoms with Crippen molar-refractivity contribution in [2.24, 2.45) is 0 Å². The fourth-order valence-corrected chi connectivity index (χ4v) is 3.37. The molecule has 0 fully saturated rings. The highest BCUT2D eigenvalue weighted by atomic mass is 35.5. The summed E-state index contributed by atoms with van der Waals surface area (Å²) in [6.45, 7) is 2.12. The Balaban J connectivity index is 2.43. The van der Waals surface area contributed by atoms with Crippen LogP contribution in [0.4, 0.5) is 5.69 Å². The van der Waals surface area contributed by atoms with Crippen molar-refractivity contribution in [1.29, 1.82) is 0 Å². The van der Waals surface area contributed by atoms with Crippen LogP contribution in [0.15, 0.2) is 48.5 Å². The Morgan fingerprint density at radius 2 is 1.69 bits per heavy atom. The molecule has 0 bridgehead atoms. The molecule has 29 heavy (non-hydrogen) atoms. The number of Topliss-reactive ketones (excluding diaryl/α,β-unsaturated/α-hetero) is 1. The number of amides is 1. The highest BCUT2D eigenvalue weighted by Crippen LogP contribution is 2.32. The lowest BCUT2D eigenvalue weighted by molar-refractivity contribution is -0.124. The van der Waals surface area contributed by atoms with Gasteiger partial charge in [-0.15, -0.1) is 11.6 Å². The van der Waals surface area contributed by atoms with E-state index in [2.05, 4.69) is 6.92 Å². The minimum Gasteiger partial charge on any atom is -0.508 e. The fraction of sp³-hybridized carbons (Fsp3) is 0.391. The Morgan fingerprint density at radius 1 is 1.03 bits per heavy atom. The van der Waals surface area contributed by atoms with Gasteiger partial charge >= 0.3 is 0 Å². The molecule has 2 rings (SSSR count). The number of benzene rings is 2. The molecule has 0 heterocycles. The van der Waals surface area contributed by atoms with E-state index >= 15 is 0 Å². The third-order valence-electron chi connectivity index (χ3n) is 4.78. The summed E-state index contributed by atoms with van der Waals surface area (Å²) < 4.78 is 5.19. The van der Waals surface area contributed by atoms with E-state index in [1.807, 2.05) is 0 Å². The Kier molecular flexibility index (Phi) is 9.00. The smallest absolute Gasteiger partial charge is 0.242 e. The van der Waals surface area contributed by atoms with Gasteiger partial charge in [-0.2, -0.15) is 0 Å². The van der Waals surface area contributed by atoms with Crippen molar-refractivity contribution in [2.45, 2.75) is 45.1 Å². The summed E-state index contributed by atoms with van der Waals surface area (Å²) in [6, 6.07) is 12.5. The van der Waals surface area contributed by atoms with Gasteiger partial charge in [0, 0.05) is 12.1 Å². The van der Waals surface area contributed by atoms with E-state index in [-0.39, 0.29) is 23.3 Å². The van der Waals surface area contributed by atoms with Crippen LogP contribution in [0.3, 0.4) is 0 Å². The van der Waals surface area contributed by atoms with E-state index < -0.39 is 6.04 Å². The molecule has 6 heteroatoms. The topological polar surface area (TPSA) is 66.8 Å². The predicted molar refractivity (Wildman–Crippen MR) is 116 cm³/mol. The van der Waals surface area contributed by atoms with Gasteiger partial charge in [0.25, 0.3) is 0 Å². The molecule has 1 N–H and O–H groups in total. The molecule has 0 aromatic heterocycles. The second-order valence-electron chi connectivity index (χ2n) is 6.87. The monoisotopic (exact) mass is 417 g/mol. The van der Waals surface area contributed by atoms with E-state index in [0.29, 0.717) is 23.4 Å². The van der Waals surface area contributed by atoms with Gasteiger partial charge in [0.05, 0.1) is 7.11 Å². The Labute approximate surface area is 177 Å². The number of phenolic OH excluding ortho intramolecular Hbond substituents is 1. The summed E-state index contributed by atoms with van der Waals surface area (Å²) in [5, 5.41) is 9.65. The van der Waals surface area contributed by atoms with Crippen LogP contribution in [0, 0.1) is 0 Å². The maximum absolute atomic E-state index is 13.2. The van der Waals surface area contributed by atoms with Crippen molar-refractivity contribution >= 4 is 29.0 Å². The number of ketones is 1. The van der Waals surface area contributed by atoms with Crippen LogP contribution in [-0.4, -0.2) is 29.8 Å². The van der Waals surface area contributed by atoms with E-state index in [1.54, 1.807) is 43.5 Å². The molecule has 156 valence electrons. The molecule has 0 saturated heterocycles. The van der Waals surface area contributed by atoms with Crippen LogP contribution in [0.25, 0.3) is 0 Å². The number of alkyl halides is 1. The van der Waals surface area contributed by atoms with Crippen LogP contribution in [0.2, 0.25) is 0 Å². The largest absolute Gasteiger partial charge is 0.508 e. The summed E-state index contributed by atoms with van der Waals surface area (Å²) in [7, 11) is 1.57. The summed E-state index contributed by atoms with van der Waals surface area (Å²) in [5.41, 5.74) is 1.20. The minimum absolute atomic E-state index is 0.0546. The molecule has 0 saturated carbocycles. The van der Waals surface area contributed by atoms with Gasteiger partial charge in [-0.3, -0.25) is 14.5 Å². The number of carbonyl (C=O) groups is 2. The maximum atomic E-state index is 13.2. The molecule has 0 radical (unpaired) electrons. The molecule has 0 spiro atoms. The Bertz CT molecular complexity index is 790. The van der Waals surface area contributed by atoms with E-state index in [9.17, 15) is 14.7 Å². The van der Waals surface area contributed by atoms with Gasteiger partial charge in [-0.25, -0.2) is 0 Å². The van der Waals surface area contributed by atoms with Gasteiger partial charge < -0.3 is 9.84 Å². The number of rotatable bonds is 11. The van der Waals surface area contributed by atoms with E-state index in [4.69, 9.17) is 16.3 Å². The number of nitrogens with zero attached hydrogens (tertiary/aromatic N) is 1. The van der Waals surface area contributed by atoms with Crippen LogP contribution in [-0.2, 0) is 9.59 Å². The number of anilines is 1. The molecule has 1 unspecified atom stereocenters. The van der Waals surface area contributed by atoms with Crippen molar-refractivity contribution in [2.75, 3.05) is 17.9 Å². The molecule has 1 amide bonds. The van der Waals surface area contributed by atoms with Crippen molar-refractivity contribution < 1.29 is 19.4 Å². The lowest BCUT2D eigenvalue weighted by Crippen LogP contribution is -2.40. The van der Waals surface area contributed by atoms with Crippen LogP contribution in [0.5, 0.6) is 11.5 Å². The quantitative estimate of drug-likeness (QED) is 0.400. The SMILES string of the molecule is CCCCCCC(=O)C(c1ccc(O)cc1)N(C(=O)CCl)c1ccc(OC)cc1. The zero-order chi connectivity index (χ0) is 21.2. The highest BCUT2D eigenvalue weighted by Gasteiger charge is 2.31. The Morgan fingerprint density at radius 3 is 2.24 bits per heavy atom. The molecule has 2 aromatic rings. The maximum Gasteiger partial charge on any atom is 0.242 e. The molecular formula is C23H28ClNO4. The molecular weight excluding hydrogens is 390 g/mol. The van der Waals surface area contributed by atoms with Crippen molar-refractivity contribution in [3.05, 3.63) is 54.1 Å². The van der Waals surface area contributed by atoms with E-state index in [0.717, 1.165) is 25.7 Å². The zero-order valence-electron chi connectivity index (χ0n) is 16.9. The molecule has 2 aromatic carbocycles. The Hall–Kier alpha value is -2.53. The van der Waals surface area contributed by atoms with Crippen LogP contribution < -0.4 is 9.64 Å². The number of ether oxygens (including phenoxy) is 1. The third kappa shape index (κ3) is 6.23. The van der Waals surface area contributed by atoms with E-state index in [1.165, 1.54) is 17.0 Å². The van der Waals surface area contributed by atoms with Gasteiger partial charge in [0.15, 0.2) is 5.78 Å². The van der Waals surface area contributed by atoms with Crippen LogP contribution in [0.1, 0.15) is 50.6 Å². The normalized spacial score (nSPS) is 11.7. The summed E-state index contributed by atoms with van der Waals surface area (Å²) in [5.74, 6) is 0.0866. The fourth-order valence-electron chi connectivity index (χ4n) is 3.24. The van der Waals surface area contributed by atoms with Gasteiger partial charge in [-0.05, 0) is 48.4 Å². The number of phenols is 1. The third-order valence-corrected chi connectivity index (χ3v) is 5.01. The predicted octanol–water partition coefficient (Wildman–Crippen LogP) is 5.25. The summed E-state index contributed by atoms with van der Waals surface area (Å²) in [6.07, 6.45) is 4.26. The van der Waals surface area contributed by atoms with Gasteiger partial charge in [-0.1, -0.05) is 38.3 Å². The summed E-state index contributed by atoms with van der Waals surface area (Å²) >= 11 is 5.90. The number of hydrogen-bond acceptors (Lipinski definition) is 4. The van der Waals surface area contributed by atoms with Crippen molar-refractivity contribution in [3.63, 3.8) is 0 Å². The first-order valence-electron chi connectivity index (χ1n) is 9.85.